The van der Waals surface area contributed by atoms with Crippen molar-refractivity contribution in [2.75, 3.05) is 24.3 Å². The van der Waals surface area contributed by atoms with Crippen LogP contribution in [0.3, 0.4) is 0 Å². The molecule has 1 heterocycles. The average Bonchev–Trinajstić information content (AvgIpc) is 3.25. The zero-order valence-corrected chi connectivity index (χ0v) is 16.6. The fourth-order valence-corrected chi connectivity index (χ4v) is 3.95. The molecular formula is C21H22N2O5S. The van der Waals surface area contributed by atoms with E-state index in [1.807, 2.05) is 12.1 Å². The molecule has 0 saturated carbocycles. The number of anilines is 1. The Morgan fingerprint density at radius 2 is 1.90 bits per heavy atom. The minimum Gasteiger partial charge on any atom is -0.452 e. The van der Waals surface area contributed by atoms with Crippen molar-refractivity contribution in [2.24, 2.45) is 5.73 Å². The first kappa shape index (κ1) is 20.9. The Balaban J connectivity index is 1.52. The highest BCUT2D eigenvalue weighted by atomic mass is 32.2. The molecule has 152 valence electrons. The van der Waals surface area contributed by atoms with Gasteiger partial charge >= 0.3 is 5.97 Å². The number of ether oxygens (including phenoxy) is 2. The molecule has 1 fully saturated rings. The highest BCUT2D eigenvalue weighted by molar-refractivity contribution is 7.99. The van der Waals surface area contributed by atoms with Crippen LogP contribution in [0.25, 0.3) is 0 Å². The second kappa shape index (κ2) is 10.1. The summed E-state index contributed by atoms with van der Waals surface area (Å²) >= 11 is 1.55. The topological polar surface area (TPSA) is 108 Å². The van der Waals surface area contributed by atoms with Crippen LogP contribution in [0.4, 0.5) is 5.69 Å². The van der Waals surface area contributed by atoms with Gasteiger partial charge in [0.25, 0.3) is 5.91 Å². The number of rotatable bonds is 8. The zero-order valence-electron chi connectivity index (χ0n) is 15.8. The molecule has 0 aliphatic carbocycles. The van der Waals surface area contributed by atoms with E-state index >= 15 is 0 Å². The number of carbonyl (C=O) groups excluding carboxylic acids is 3. The van der Waals surface area contributed by atoms with Crippen LogP contribution in [0.5, 0.6) is 0 Å². The molecule has 0 aromatic heterocycles. The van der Waals surface area contributed by atoms with Gasteiger partial charge in [0.05, 0.1) is 11.7 Å². The van der Waals surface area contributed by atoms with Crippen molar-refractivity contribution in [2.45, 2.75) is 23.8 Å². The van der Waals surface area contributed by atoms with Crippen LogP contribution in [-0.2, 0) is 14.3 Å². The van der Waals surface area contributed by atoms with E-state index in [1.165, 1.54) is 12.1 Å². The number of amides is 2. The van der Waals surface area contributed by atoms with Crippen molar-refractivity contribution in [3.05, 3.63) is 59.7 Å². The first-order valence-electron chi connectivity index (χ1n) is 9.23. The Morgan fingerprint density at radius 3 is 2.59 bits per heavy atom. The second-order valence-electron chi connectivity index (χ2n) is 6.51. The molecule has 29 heavy (non-hydrogen) atoms. The van der Waals surface area contributed by atoms with Crippen LogP contribution in [0.15, 0.2) is 53.4 Å². The molecule has 2 aromatic carbocycles. The van der Waals surface area contributed by atoms with E-state index in [1.54, 1.807) is 36.0 Å². The molecule has 0 bridgehead atoms. The number of benzene rings is 2. The molecular weight excluding hydrogens is 392 g/mol. The summed E-state index contributed by atoms with van der Waals surface area (Å²) in [6.45, 7) is 0.371. The molecule has 2 aromatic rings. The smallest absolute Gasteiger partial charge is 0.339 e. The first-order chi connectivity index (χ1) is 14.0. The van der Waals surface area contributed by atoms with Gasteiger partial charge in [-0.05, 0) is 49.2 Å². The molecule has 3 N–H and O–H groups in total. The Morgan fingerprint density at radius 1 is 1.14 bits per heavy atom. The van der Waals surface area contributed by atoms with E-state index < -0.39 is 24.4 Å². The molecule has 2 amide bonds. The van der Waals surface area contributed by atoms with Gasteiger partial charge in [0.15, 0.2) is 6.61 Å². The summed E-state index contributed by atoms with van der Waals surface area (Å²) in [7, 11) is 0. The highest BCUT2D eigenvalue weighted by Gasteiger charge is 2.19. The van der Waals surface area contributed by atoms with E-state index in [-0.39, 0.29) is 6.10 Å². The number of nitrogens with one attached hydrogen (secondary N) is 1. The van der Waals surface area contributed by atoms with Crippen molar-refractivity contribution in [1.29, 1.82) is 0 Å². The van der Waals surface area contributed by atoms with E-state index in [0.717, 1.165) is 30.1 Å². The molecule has 1 aliphatic heterocycles. The van der Waals surface area contributed by atoms with Crippen LogP contribution in [0.1, 0.15) is 33.6 Å². The Kier molecular flexibility index (Phi) is 7.26. The molecule has 1 aliphatic rings. The van der Waals surface area contributed by atoms with Gasteiger partial charge in [-0.1, -0.05) is 12.1 Å². The summed E-state index contributed by atoms with van der Waals surface area (Å²) in [5.41, 5.74) is 6.42. The lowest BCUT2D eigenvalue weighted by Gasteiger charge is -2.12. The van der Waals surface area contributed by atoms with Crippen molar-refractivity contribution < 1.29 is 23.9 Å². The maximum atomic E-state index is 12.4. The van der Waals surface area contributed by atoms with Gasteiger partial charge < -0.3 is 20.5 Å². The molecule has 3 rings (SSSR count). The monoisotopic (exact) mass is 414 g/mol. The van der Waals surface area contributed by atoms with Crippen molar-refractivity contribution >= 4 is 35.2 Å². The lowest BCUT2D eigenvalue weighted by molar-refractivity contribution is -0.119. The third kappa shape index (κ3) is 6.07. The third-order valence-corrected chi connectivity index (χ3v) is 5.55. The summed E-state index contributed by atoms with van der Waals surface area (Å²) in [6.07, 6.45) is 2.30. The third-order valence-electron chi connectivity index (χ3n) is 4.34. The standard InChI is InChI=1S/C21H22N2O5S/c22-20(25)14-7-9-15(10-8-14)23-19(24)12-28-21(26)17-5-1-2-6-18(17)29-13-16-4-3-11-27-16/h1-2,5-10,16H,3-4,11-13H2,(H2,22,25)(H,23,24)/t16-/m1/s1. The molecule has 0 radical (unpaired) electrons. The van der Waals surface area contributed by atoms with Gasteiger partial charge in [-0.3, -0.25) is 9.59 Å². The quantitative estimate of drug-likeness (QED) is 0.508. The Labute approximate surface area is 172 Å². The Bertz CT molecular complexity index is 879. The van der Waals surface area contributed by atoms with Gasteiger partial charge in [0.2, 0.25) is 5.91 Å². The summed E-state index contributed by atoms with van der Waals surface area (Å²) in [6, 6.07) is 13.3. The van der Waals surface area contributed by atoms with Crippen LogP contribution >= 0.6 is 11.8 Å². The fourth-order valence-electron chi connectivity index (χ4n) is 2.84. The van der Waals surface area contributed by atoms with Gasteiger partial charge in [-0.2, -0.15) is 0 Å². The van der Waals surface area contributed by atoms with Crippen LogP contribution < -0.4 is 11.1 Å². The van der Waals surface area contributed by atoms with Crippen LogP contribution in [-0.4, -0.2) is 42.9 Å². The number of hydrogen-bond acceptors (Lipinski definition) is 6. The zero-order chi connectivity index (χ0) is 20.6. The number of carbonyl (C=O) groups is 3. The molecule has 7 nitrogen and oxygen atoms in total. The second-order valence-corrected chi connectivity index (χ2v) is 7.57. The average molecular weight is 414 g/mol. The lowest BCUT2D eigenvalue weighted by atomic mass is 10.2. The van der Waals surface area contributed by atoms with Gasteiger partial charge in [-0.25, -0.2) is 4.79 Å². The number of thioether (sulfide) groups is 1. The largest absolute Gasteiger partial charge is 0.452 e. The summed E-state index contributed by atoms with van der Waals surface area (Å²) in [4.78, 5) is 36.4. The van der Waals surface area contributed by atoms with Crippen molar-refractivity contribution in [3.63, 3.8) is 0 Å². The van der Waals surface area contributed by atoms with Gasteiger partial charge in [0, 0.05) is 28.5 Å². The fraction of sp³-hybridized carbons (Fsp3) is 0.286. The number of esters is 1. The van der Waals surface area contributed by atoms with Crippen molar-refractivity contribution in [3.8, 4) is 0 Å². The van der Waals surface area contributed by atoms with E-state index in [4.69, 9.17) is 15.2 Å². The molecule has 1 atom stereocenters. The Hall–Kier alpha value is -2.84. The highest BCUT2D eigenvalue weighted by Crippen LogP contribution is 2.27. The normalized spacial score (nSPS) is 15.7. The summed E-state index contributed by atoms with van der Waals surface area (Å²) < 4.78 is 10.8. The first-order valence-corrected chi connectivity index (χ1v) is 10.2. The molecule has 0 spiro atoms. The van der Waals surface area contributed by atoms with Crippen LogP contribution in [0, 0.1) is 0 Å². The van der Waals surface area contributed by atoms with Crippen molar-refractivity contribution in [1.82, 2.24) is 0 Å². The summed E-state index contributed by atoms with van der Waals surface area (Å²) in [5.74, 6) is -0.811. The van der Waals surface area contributed by atoms with E-state index in [0.29, 0.717) is 16.8 Å². The maximum Gasteiger partial charge on any atom is 0.339 e. The molecule has 0 unspecified atom stereocenters. The number of hydrogen-bond donors (Lipinski definition) is 2. The number of nitrogens with two attached hydrogens (primary N) is 1. The number of primary amides is 1. The lowest BCUT2D eigenvalue weighted by Crippen LogP contribution is -2.21. The van der Waals surface area contributed by atoms with E-state index in [2.05, 4.69) is 5.32 Å². The predicted octanol–water partition coefficient (Wildman–Crippen LogP) is 2.85. The van der Waals surface area contributed by atoms with Gasteiger partial charge in [-0.15, -0.1) is 11.8 Å². The maximum absolute atomic E-state index is 12.4. The molecule has 1 saturated heterocycles. The predicted molar refractivity (Wildman–Crippen MR) is 110 cm³/mol. The molecule has 8 heteroatoms. The van der Waals surface area contributed by atoms with Gasteiger partial charge in [0.1, 0.15) is 0 Å². The summed E-state index contributed by atoms with van der Waals surface area (Å²) in [5, 5.41) is 2.60. The SMILES string of the molecule is NC(=O)c1ccc(NC(=O)COC(=O)c2ccccc2SC[C@H]2CCCO2)cc1. The minimum atomic E-state index is -0.556. The minimum absolute atomic E-state index is 0.204. The van der Waals surface area contributed by atoms with Crippen LogP contribution in [0.2, 0.25) is 0 Å². The van der Waals surface area contributed by atoms with E-state index in [9.17, 15) is 14.4 Å².